The second-order valence-corrected chi connectivity index (χ2v) is 6.61. The third-order valence-corrected chi connectivity index (χ3v) is 4.68. The minimum atomic E-state index is -4.12. The van der Waals surface area contributed by atoms with Crippen molar-refractivity contribution >= 4 is 21.6 Å². The molecular formula is C14H12ClF2NO3S. The van der Waals surface area contributed by atoms with Crippen molar-refractivity contribution in [2.75, 3.05) is 6.54 Å². The molecule has 1 unspecified atom stereocenters. The SMILES string of the molecule is O=S(=O)(NCC(O)c1ccc(Cl)c(F)c1)c1ccccc1F. The molecule has 0 heterocycles. The van der Waals surface area contributed by atoms with Gasteiger partial charge in [0.05, 0.1) is 11.1 Å². The fraction of sp³-hybridized carbons (Fsp3) is 0.143. The first-order chi connectivity index (χ1) is 10.3. The molecule has 0 fully saturated rings. The molecule has 1 atom stereocenters. The highest BCUT2D eigenvalue weighted by Gasteiger charge is 2.20. The Bertz CT molecular complexity index is 783. The summed E-state index contributed by atoms with van der Waals surface area (Å²) in [4.78, 5) is -0.524. The van der Waals surface area contributed by atoms with Crippen LogP contribution >= 0.6 is 11.6 Å². The van der Waals surface area contributed by atoms with Crippen molar-refractivity contribution in [1.29, 1.82) is 0 Å². The Hall–Kier alpha value is -1.54. The molecule has 0 aliphatic heterocycles. The molecule has 2 rings (SSSR count). The summed E-state index contributed by atoms with van der Waals surface area (Å²) in [5.74, 6) is -1.63. The second-order valence-electron chi connectivity index (χ2n) is 4.47. The molecule has 118 valence electrons. The minimum absolute atomic E-state index is 0.108. The molecular weight excluding hydrogens is 336 g/mol. The molecule has 8 heteroatoms. The minimum Gasteiger partial charge on any atom is -0.387 e. The van der Waals surface area contributed by atoms with Crippen LogP contribution in [-0.2, 0) is 10.0 Å². The molecule has 2 aromatic carbocycles. The highest BCUT2D eigenvalue weighted by atomic mass is 35.5. The first kappa shape index (κ1) is 16.8. The van der Waals surface area contributed by atoms with Crippen molar-refractivity contribution in [3.05, 3.63) is 64.7 Å². The molecule has 2 N–H and O–H groups in total. The molecule has 0 radical (unpaired) electrons. The summed E-state index contributed by atoms with van der Waals surface area (Å²) in [6.45, 7) is -0.433. The molecule has 0 saturated carbocycles. The Balaban J connectivity index is 2.12. The summed E-state index contributed by atoms with van der Waals surface area (Å²) >= 11 is 5.52. The van der Waals surface area contributed by atoms with Crippen molar-refractivity contribution in [3.63, 3.8) is 0 Å². The van der Waals surface area contributed by atoms with Crippen molar-refractivity contribution in [1.82, 2.24) is 4.72 Å². The quantitative estimate of drug-likeness (QED) is 0.873. The maximum Gasteiger partial charge on any atom is 0.243 e. The summed E-state index contributed by atoms with van der Waals surface area (Å²) in [5.41, 5.74) is 0.151. The molecule has 0 amide bonds. The zero-order valence-corrected chi connectivity index (χ0v) is 12.7. The Kier molecular flexibility index (Phi) is 5.12. The topological polar surface area (TPSA) is 66.4 Å². The van der Waals surface area contributed by atoms with Crippen LogP contribution in [0, 0.1) is 11.6 Å². The predicted octanol–water partition coefficient (Wildman–Crippen LogP) is 2.63. The number of aliphatic hydroxyl groups excluding tert-OH is 1. The first-order valence-corrected chi connectivity index (χ1v) is 8.04. The van der Waals surface area contributed by atoms with Gasteiger partial charge in [0.1, 0.15) is 16.5 Å². The summed E-state index contributed by atoms with van der Waals surface area (Å²) in [6, 6.07) is 8.48. The predicted molar refractivity (Wildman–Crippen MR) is 78.0 cm³/mol. The van der Waals surface area contributed by atoms with Gasteiger partial charge in [-0.05, 0) is 29.8 Å². The van der Waals surface area contributed by atoms with Crippen molar-refractivity contribution in [2.24, 2.45) is 0 Å². The van der Waals surface area contributed by atoms with E-state index < -0.39 is 39.2 Å². The van der Waals surface area contributed by atoms with Gasteiger partial charge >= 0.3 is 0 Å². The molecule has 0 aromatic heterocycles. The van der Waals surface area contributed by atoms with Crippen LogP contribution < -0.4 is 4.72 Å². The Morgan fingerprint density at radius 3 is 2.45 bits per heavy atom. The first-order valence-electron chi connectivity index (χ1n) is 6.18. The number of halogens is 3. The van der Waals surface area contributed by atoms with Crippen LogP contribution in [0.5, 0.6) is 0 Å². The summed E-state index contributed by atoms with van der Waals surface area (Å²) in [5, 5.41) is 9.78. The monoisotopic (exact) mass is 347 g/mol. The summed E-state index contributed by atoms with van der Waals surface area (Å²) < 4.78 is 52.8. The molecule has 22 heavy (non-hydrogen) atoms. The number of nitrogens with one attached hydrogen (secondary N) is 1. The van der Waals surface area contributed by atoms with E-state index in [1.54, 1.807) is 0 Å². The third kappa shape index (κ3) is 3.80. The molecule has 2 aromatic rings. The van der Waals surface area contributed by atoms with Gasteiger partial charge in [-0.1, -0.05) is 29.8 Å². The van der Waals surface area contributed by atoms with Gasteiger partial charge in [0, 0.05) is 6.54 Å². The van der Waals surface area contributed by atoms with Crippen LogP contribution in [0.4, 0.5) is 8.78 Å². The van der Waals surface area contributed by atoms with E-state index in [0.29, 0.717) is 0 Å². The second kappa shape index (κ2) is 6.70. The molecule has 0 saturated heterocycles. The highest BCUT2D eigenvalue weighted by Crippen LogP contribution is 2.20. The van der Waals surface area contributed by atoms with Crippen LogP contribution in [-0.4, -0.2) is 20.1 Å². The van der Waals surface area contributed by atoms with Gasteiger partial charge in [0.15, 0.2) is 0 Å². The Morgan fingerprint density at radius 2 is 1.82 bits per heavy atom. The number of sulfonamides is 1. The highest BCUT2D eigenvalue weighted by molar-refractivity contribution is 7.89. The Labute approximate surface area is 131 Å². The lowest BCUT2D eigenvalue weighted by atomic mass is 10.1. The number of hydrogen-bond acceptors (Lipinski definition) is 3. The number of hydrogen-bond donors (Lipinski definition) is 2. The standard InChI is InChI=1S/C14H12ClF2NO3S/c15-10-6-5-9(7-12(10)17)13(19)8-18-22(20,21)14-4-2-1-3-11(14)16/h1-7,13,18-19H,8H2. The maximum atomic E-state index is 13.5. The van der Waals surface area contributed by atoms with Gasteiger partial charge in [0.2, 0.25) is 10.0 Å². The lowest BCUT2D eigenvalue weighted by molar-refractivity contribution is 0.181. The number of aliphatic hydroxyl groups is 1. The fourth-order valence-corrected chi connectivity index (χ4v) is 3.00. The Morgan fingerprint density at radius 1 is 1.14 bits per heavy atom. The van der Waals surface area contributed by atoms with Gasteiger partial charge in [0.25, 0.3) is 0 Å². The third-order valence-electron chi connectivity index (χ3n) is 2.92. The van der Waals surface area contributed by atoms with Gasteiger partial charge in [-0.3, -0.25) is 0 Å². The van der Waals surface area contributed by atoms with E-state index in [0.717, 1.165) is 18.2 Å². The lowest BCUT2D eigenvalue weighted by Crippen LogP contribution is -2.29. The van der Waals surface area contributed by atoms with Crippen LogP contribution in [0.3, 0.4) is 0 Å². The summed E-state index contributed by atoms with van der Waals surface area (Å²) in [6.07, 6.45) is -1.30. The van der Waals surface area contributed by atoms with Gasteiger partial charge in [-0.2, -0.15) is 0 Å². The largest absolute Gasteiger partial charge is 0.387 e. The van der Waals surface area contributed by atoms with Crippen LogP contribution in [0.1, 0.15) is 11.7 Å². The fourth-order valence-electron chi connectivity index (χ4n) is 1.77. The van der Waals surface area contributed by atoms with Gasteiger partial charge in [-0.15, -0.1) is 0 Å². The van der Waals surface area contributed by atoms with Crippen LogP contribution in [0.25, 0.3) is 0 Å². The average molecular weight is 348 g/mol. The molecule has 4 nitrogen and oxygen atoms in total. The van der Waals surface area contributed by atoms with Crippen LogP contribution in [0.15, 0.2) is 47.4 Å². The van der Waals surface area contributed by atoms with E-state index in [1.807, 2.05) is 0 Å². The summed E-state index contributed by atoms with van der Waals surface area (Å²) in [7, 11) is -4.12. The van der Waals surface area contributed by atoms with E-state index in [1.165, 1.54) is 24.3 Å². The van der Waals surface area contributed by atoms with E-state index in [-0.39, 0.29) is 10.6 Å². The van der Waals surface area contributed by atoms with Crippen molar-refractivity contribution in [2.45, 2.75) is 11.0 Å². The van der Waals surface area contributed by atoms with Crippen molar-refractivity contribution in [3.8, 4) is 0 Å². The zero-order valence-electron chi connectivity index (χ0n) is 11.1. The van der Waals surface area contributed by atoms with E-state index in [4.69, 9.17) is 11.6 Å². The van der Waals surface area contributed by atoms with E-state index in [2.05, 4.69) is 4.72 Å². The van der Waals surface area contributed by atoms with E-state index >= 15 is 0 Å². The average Bonchev–Trinajstić information content (AvgIpc) is 2.48. The smallest absolute Gasteiger partial charge is 0.243 e. The lowest BCUT2D eigenvalue weighted by Gasteiger charge is -2.13. The normalized spacial score (nSPS) is 13.1. The molecule has 0 aliphatic rings. The molecule has 0 bridgehead atoms. The molecule has 0 spiro atoms. The van der Waals surface area contributed by atoms with Crippen molar-refractivity contribution < 1.29 is 22.3 Å². The number of rotatable bonds is 5. The molecule has 0 aliphatic carbocycles. The maximum absolute atomic E-state index is 13.5. The number of benzene rings is 2. The van der Waals surface area contributed by atoms with Crippen LogP contribution in [0.2, 0.25) is 5.02 Å². The van der Waals surface area contributed by atoms with Gasteiger partial charge < -0.3 is 5.11 Å². The van der Waals surface area contributed by atoms with Gasteiger partial charge in [-0.25, -0.2) is 21.9 Å². The van der Waals surface area contributed by atoms with E-state index in [9.17, 15) is 22.3 Å². The zero-order chi connectivity index (χ0) is 16.3.